The lowest BCUT2D eigenvalue weighted by molar-refractivity contribution is 0.0936. The minimum absolute atomic E-state index is 0.119. The van der Waals surface area contributed by atoms with E-state index in [1.165, 1.54) is 0 Å². The van der Waals surface area contributed by atoms with Gasteiger partial charge in [0.25, 0.3) is 5.91 Å². The number of rotatable bonds is 4. The summed E-state index contributed by atoms with van der Waals surface area (Å²) in [5.41, 5.74) is 5.22. The first-order chi connectivity index (χ1) is 16.0. The lowest BCUT2D eigenvalue weighted by Gasteiger charge is -2.23. The van der Waals surface area contributed by atoms with E-state index < -0.39 is 9.84 Å². The van der Waals surface area contributed by atoms with E-state index in [0.717, 1.165) is 33.3 Å². The first kappa shape index (κ1) is 21.3. The number of sulfone groups is 1. The van der Waals surface area contributed by atoms with E-state index in [4.69, 9.17) is 4.98 Å². The molecule has 4 aromatic rings. The van der Waals surface area contributed by atoms with Crippen LogP contribution in [0.5, 0.6) is 0 Å². The van der Waals surface area contributed by atoms with E-state index in [1.54, 1.807) is 0 Å². The molecule has 6 heteroatoms. The highest BCUT2D eigenvalue weighted by Gasteiger charge is 2.25. The molecule has 1 aromatic heterocycles. The standard InChI is InChI=1S/C27H24N2O3S/c30-27(28-22-14-16-33(31,32)17-15-22)24-18-26(29-25-9-5-4-8-23(24)25)21-12-10-20(11-13-21)19-6-2-1-3-7-19/h1-13,18,22H,14-17H2,(H,28,30). The van der Waals surface area contributed by atoms with E-state index in [2.05, 4.69) is 29.6 Å². The largest absolute Gasteiger partial charge is 0.349 e. The Kier molecular flexibility index (Phi) is 5.68. The number of aromatic nitrogens is 1. The fourth-order valence-electron chi connectivity index (χ4n) is 4.27. The fourth-order valence-corrected chi connectivity index (χ4v) is 5.76. The number of carbonyl (C=O) groups is 1. The highest BCUT2D eigenvalue weighted by atomic mass is 32.2. The van der Waals surface area contributed by atoms with Crippen molar-refractivity contribution in [2.45, 2.75) is 18.9 Å². The maximum Gasteiger partial charge on any atom is 0.252 e. The Balaban J connectivity index is 1.47. The number of fused-ring (bicyclic) bond motifs is 1. The summed E-state index contributed by atoms with van der Waals surface area (Å²) in [6, 6.07) is 27.6. The van der Waals surface area contributed by atoms with Crippen LogP contribution in [0, 0.1) is 0 Å². The number of nitrogens with one attached hydrogen (secondary N) is 1. The molecule has 1 N–H and O–H groups in total. The Morgan fingerprint density at radius 1 is 0.788 bits per heavy atom. The second-order valence-corrected chi connectivity index (χ2v) is 10.7. The summed E-state index contributed by atoms with van der Waals surface area (Å²) in [6.45, 7) is 0. The molecule has 2 heterocycles. The molecule has 1 aliphatic rings. The zero-order valence-electron chi connectivity index (χ0n) is 18.1. The Hall–Kier alpha value is -3.51. The smallest absolute Gasteiger partial charge is 0.252 e. The number of carbonyl (C=O) groups excluding carboxylic acids is 1. The Bertz CT molecular complexity index is 1400. The quantitative estimate of drug-likeness (QED) is 0.475. The number of para-hydroxylation sites is 1. The van der Waals surface area contributed by atoms with E-state index in [0.29, 0.717) is 18.4 Å². The molecular formula is C27H24N2O3S. The average molecular weight is 457 g/mol. The van der Waals surface area contributed by atoms with E-state index in [9.17, 15) is 13.2 Å². The van der Waals surface area contributed by atoms with Gasteiger partial charge < -0.3 is 5.32 Å². The fraction of sp³-hybridized carbons (Fsp3) is 0.185. The predicted octanol–water partition coefficient (Wildman–Crippen LogP) is 4.88. The molecule has 33 heavy (non-hydrogen) atoms. The zero-order valence-corrected chi connectivity index (χ0v) is 18.9. The van der Waals surface area contributed by atoms with Gasteiger partial charge in [0.1, 0.15) is 9.84 Å². The number of hydrogen-bond donors (Lipinski definition) is 1. The Morgan fingerprint density at radius 3 is 2.12 bits per heavy atom. The second kappa shape index (κ2) is 8.79. The van der Waals surface area contributed by atoms with Crippen LogP contribution in [0.1, 0.15) is 23.2 Å². The van der Waals surface area contributed by atoms with E-state index in [-0.39, 0.29) is 23.5 Å². The predicted molar refractivity (Wildman–Crippen MR) is 132 cm³/mol. The summed E-state index contributed by atoms with van der Waals surface area (Å²) >= 11 is 0. The van der Waals surface area contributed by atoms with Crippen molar-refractivity contribution in [2.75, 3.05) is 11.5 Å². The molecule has 0 unspecified atom stereocenters. The van der Waals surface area contributed by atoms with Gasteiger partial charge in [-0.15, -0.1) is 0 Å². The monoisotopic (exact) mass is 456 g/mol. The molecule has 1 amide bonds. The molecule has 1 fully saturated rings. The summed E-state index contributed by atoms with van der Waals surface area (Å²) in [6.07, 6.45) is 0.899. The summed E-state index contributed by atoms with van der Waals surface area (Å²) in [5.74, 6) is 0.0438. The van der Waals surface area contributed by atoms with Gasteiger partial charge in [0.2, 0.25) is 0 Å². The topological polar surface area (TPSA) is 76.1 Å². The molecule has 3 aromatic carbocycles. The molecule has 166 valence electrons. The average Bonchev–Trinajstić information content (AvgIpc) is 2.85. The third kappa shape index (κ3) is 4.66. The van der Waals surface area contributed by atoms with Crippen LogP contribution in [0.3, 0.4) is 0 Å². The van der Waals surface area contributed by atoms with Crippen LogP contribution in [0.2, 0.25) is 0 Å². The molecule has 0 radical (unpaired) electrons. The molecule has 0 aliphatic carbocycles. The van der Waals surface area contributed by atoms with Gasteiger partial charge in [0.05, 0.1) is 28.3 Å². The van der Waals surface area contributed by atoms with Crippen molar-refractivity contribution in [3.05, 3.63) is 90.5 Å². The number of pyridine rings is 1. The highest BCUT2D eigenvalue weighted by Crippen LogP contribution is 2.28. The number of nitrogens with zero attached hydrogens (tertiary/aromatic N) is 1. The van der Waals surface area contributed by atoms with E-state index in [1.807, 2.05) is 60.7 Å². The van der Waals surface area contributed by atoms with Crippen LogP contribution in [-0.2, 0) is 9.84 Å². The van der Waals surface area contributed by atoms with Crippen LogP contribution in [0.25, 0.3) is 33.3 Å². The van der Waals surface area contributed by atoms with Crippen molar-refractivity contribution in [1.29, 1.82) is 0 Å². The van der Waals surface area contributed by atoms with Gasteiger partial charge in [-0.2, -0.15) is 0 Å². The van der Waals surface area contributed by atoms with Crippen molar-refractivity contribution < 1.29 is 13.2 Å². The maximum absolute atomic E-state index is 13.2. The minimum Gasteiger partial charge on any atom is -0.349 e. The molecule has 0 saturated carbocycles. The molecule has 0 atom stereocenters. The Morgan fingerprint density at radius 2 is 1.39 bits per heavy atom. The first-order valence-corrected chi connectivity index (χ1v) is 12.9. The van der Waals surface area contributed by atoms with Crippen LogP contribution in [0.15, 0.2) is 84.9 Å². The number of amides is 1. The van der Waals surface area contributed by atoms with Crippen LogP contribution in [0.4, 0.5) is 0 Å². The summed E-state index contributed by atoms with van der Waals surface area (Å²) in [7, 11) is -2.98. The van der Waals surface area contributed by atoms with Crippen molar-refractivity contribution >= 4 is 26.6 Å². The third-order valence-electron chi connectivity index (χ3n) is 6.14. The first-order valence-electron chi connectivity index (χ1n) is 11.1. The molecule has 1 saturated heterocycles. The number of benzene rings is 3. The molecular weight excluding hydrogens is 432 g/mol. The minimum atomic E-state index is -2.98. The normalized spacial score (nSPS) is 15.9. The molecule has 0 bridgehead atoms. The molecule has 5 nitrogen and oxygen atoms in total. The molecule has 1 aliphatic heterocycles. The summed E-state index contributed by atoms with van der Waals surface area (Å²) < 4.78 is 23.4. The maximum atomic E-state index is 13.2. The summed E-state index contributed by atoms with van der Waals surface area (Å²) in [5, 5.41) is 3.82. The Labute approximate surface area is 193 Å². The van der Waals surface area contributed by atoms with Gasteiger partial charge in [-0.3, -0.25) is 4.79 Å². The third-order valence-corrected chi connectivity index (χ3v) is 7.85. The van der Waals surface area contributed by atoms with Crippen molar-refractivity contribution in [3.63, 3.8) is 0 Å². The second-order valence-electron chi connectivity index (χ2n) is 8.42. The van der Waals surface area contributed by atoms with Crippen LogP contribution in [-0.4, -0.2) is 36.9 Å². The van der Waals surface area contributed by atoms with Gasteiger partial charge in [-0.1, -0.05) is 72.8 Å². The van der Waals surface area contributed by atoms with Crippen LogP contribution >= 0.6 is 0 Å². The lowest BCUT2D eigenvalue weighted by Crippen LogP contribution is -2.40. The van der Waals surface area contributed by atoms with Crippen LogP contribution < -0.4 is 5.32 Å². The van der Waals surface area contributed by atoms with Gasteiger partial charge >= 0.3 is 0 Å². The van der Waals surface area contributed by atoms with Crippen molar-refractivity contribution in [1.82, 2.24) is 10.3 Å². The van der Waals surface area contributed by atoms with Gasteiger partial charge in [-0.25, -0.2) is 13.4 Å². The van der Waals surface area contributed by atoms with Gasteiger partial charge in [0.15, 0.2) is 0 Å². The van der Waals surface area contributed by atoms with Crippen molar-refractivity contribution in [3.8, 4) is 22.4 Å². The van der Waals surface area contributed by atoms with Gasteiger partial charge in [0, 0.05) is 17.0 Å². The SMILES string of the molecule is O=C(NC1CCS(=O)(=O)CC1)c1cc(-c2ccc(-c3ccccc3)cc2)nc2ccccc12. The molecule has 5 rings (SSSR count). The highest BCUT2D eigenvalue weighted by molar-refractivity contribution is 7.91. The zero-order chi connectivity index (χ0) is 22.8. The number of hydrogen-bond acceptors (Lipinski definition) is 4. The summed E-state index contributed by atoms with van der Waals surface area (Å²) in [4.78, 5) is 18.0. The molecule has 0 spiro atoms. The lowest BCUT2D eigenvalue weighted by atomic mass is 10.00. The van der Waals surface area contributed by atoms with E-state index >= 15 is 0 Å². The van der Waals surface area contributed by atoms with Gasteiger partial charge in [-0.05, 0) is 36.1 Å². The van der Waals surface area contributed by atoms with Crippen molar-refractivity contribution in [2.24, 2.45) is 0 Å².